The van der Waals surface area contributed by atoms with Crippen LogP contribution in [0.1, 0.15) is 48.1 Å². The zero-order valence-electron chi connectivity index (χ0n) is 17.6. The molecule has 1 saturated heterocycles. The number of nitrogens with zero attached hydrogens (tertiary/aromatic N) is 3. The molecule has 3 N–H and O–H groups in total. The average molecular weight is 486 g/mol. The Morgan fingerprint density at radius 1 is 1.21 bits per heavy atom. The number of anilines is 1. The third kappa shape index (κ3) is 3.68. The SMILES string of the molecule is C[C@H]1[C@H](O)CN1c1nc(-c2ccc3c(c2)C(F)(F)C[C@@H]3CS(N)(=O)=O)c2c(n1)C(F)(F)CC2. The molecule has 1 aliphatic heterocycles. The van der Waals surface area contributed by atoms with Crippen molar-refractivity contribution in [2.75, 3.05) is 17.2 Å². The van der Waals surface area contributed by atoms with Gasteiger partial charge in [0, 0.05) is 42.0 Å². The molecule has 3 atom stereocenters. The second-order valence-corrected chi connectivity index (χ2v) is 10.8. The first-order valence-corrected chi connectivity index (χ1v) is 12.3. The summed E-state index contributed by atoms with van der Waals surface area (Å²) in [5, 5.41) is 14.9. The first kappa shape index (κ1) is 22.5. The summed E-state index contributed by atoms with van der Waals surface area (Å²) in [5.74, 6) is -8.01. The number of benzene rings is 1. The Kier molecular flexibility index (Phi) is 4.83. The second kappa shape index (κ2) is 7.09. The molecule has 12 heteroatoms. The number of aromatic nitrogens is 2. The Morgan fingerprint density at radius 2 is 1.94 bits per heavy atom. The van der Waals surface area contributed by atoms with Crippen LogP contribution in [-0.2, 0) is 28.3 Å². The van der Waals surface area contributed by atoms with Crippen molar-refractivity contribution in [3.05, 3.63) is 40.6 Å². The first-order valence-electron chi connectivity index (χ1n) is 10.5. The lowest BCUT2D eigenvalue weighted by molar-refractivity contribution is -0.00648. The molecule has 0 unspecified atom stereocenters. The molecule has 1 aromatic carbocycles. The van der Waals surface area contributed by atoms with Crippen molar-refractivity contribution < 1.29 is 31.1 Å². The van der Waals surface area contributed by atoms with Gasteiger partial charge in [-0.3, -0.25) is 0 Å². The van der Waals surface area contributed by atoms with E-state index in [1.54, 1.807) is 11.8 Å². The maximum Gasteiger partial charge on any atom is 0.290 e. The van der Waals surface area contributed by atoms with E-state index in [0.717, 1.165) is 0 Å². The number of aliphatic hydroxyl groups excluding tert-OH is 1. The van der Waals surface area contributed by atoms with E-state index in [-0.39, 0.29) is 52.9 Å². The molecule has 0 saturated carbocycles. The van der Waals surface area contributed by atoms with Crippen LogP contribution in [0.4, 0.5) is 23.5 Å². The molecule has 178 valence electrons. The maximum absolute atomic E-state index is 14.8. The number of nitrogens with two attached hydrogens (primary N) is 1. The van der Waals surface area contributed by atoms with Crippen LogP contribution in [0.2, 0.25) is 0 Å². The minimum Gasteiger partial charge on any atom is -0.389 e. The van der Waals surface area contributed by atoms with E-state index in [1.807, 2.05) is 0 Å². The Balaban J connectivity index is 1.63. The minimum absolute atomic E-state index is 0.00234. The molecule has 33 heavy (non-hydrogen) atoms. The van der Waals surface area contributed by atoms with Gasteiger partial charge >= 0.3 is 0 Å². The Morgan fingerprint density at radius 3 is 2.58 bits per heavy atom. The van der Waals surface area contributed by atoms with Gasteiger partial charge in [-0.25, -0.2) is 32.3 Å². The van der Waals surface area contributed by atoms with Crippen molar-refractivity contribution >= 4 is 16.0 Å². The van der Waals surface area contributed by atoms with E-state index in [9.17, 15) is 31.1 Å². The van der Waals surface area contributed by atoms with E-state index < -0.39 is 58.2 Å². The molecule has 2 aliphatic carbocycles. The number of hydrogen-bond donors (Lipinski definition) is 2. The summed E-state index contributed by atoms with van der Waals surface area (Å²) in [6.07, 6.45) is -1.79. The van der Waals surface area contributed by atoms with Gasteiger partial charge in [0.05, 0.1) is 23.6 Å². The van der Waals surface area contributed by atoms with E-state index in [1.165, 1.54) is 18.2 Å². The standard InChI is InChI=1S/C21H22F4N4O3S/c1-10-16(30)8-29(10)19-27-17(14-4-5-20(22,23)18(14)28-19)11-2-3-13-12(9-33(26,31)32)7-21(24,25)15(13)6-11/h2-3,6,10,12,16,30H,4-5,7-9H2,1H3,(H2,26,31,32)/t10-,12+,16+/m0/s1. The number of β-amino-alcohol motifs (C(OH)–C–C–N with tert-alkyl or cyclic N) is 1. The minimum atomic E-state index is -3.97. The van der Waals surface area contributed by atoms with Crippen LogP contribution in [0.15, 0.2) is 18.2 Å². The zero-order chi connectivity index (χ0) is 23.9. The quantitative estimate of drug-likeness (QED) is 0.643. The highest BCUT2D eigenvalue weighted by molar-refractivity contribution is 7.89. The summed E-state index contributed by atoms with van der Waals surface area (Å²) in [7, 11) is -3.97. The van der Waals surface area contributed by atoms with Gasteiger partial charge in [-0.2, -0.15) is 8.78 Å². The second-order valence-electron chi connectivity index (χ2n) is 9.10. The molecular formula is C21H22F4N4O3S. The highest BCUT2D eigenvalue weighted by Crippen LogP contribution is 2.51. The lowest BCUT2D eigenvalue weighted by atomic mass is 9.97. The molecule has 7 nitrogen and oxygen atoms in total. The lowest BCUT2D eigenvalue weighted by Crippen LogP contribution is -2.59. The molecule has 0 bridgehead atoms. The number of alkyl halides is 4. The fourth-order valence-corrected chi connectivity index (χ4v) is 5.83. The normalized spacial score (nSPS) is 27.2. The summed E-state index contributed by atoms with van der Waals surface area (Å²) >= 11 is 0. The number of hydrogen-bond acceptors (Lipinski definition) is 6. The monoisotopic (exact) mass is 486 g/mol. The highest BCUT2D eigenvalue weighted by atomic mass is 32.2. The molecule has 3 aliphatic rings. The number of rotatable bonds is 4. The van der Waals surface area contributed by atoms with Crippen LogP contribution >= 0.6 is 0 Å². The largest absolute Gasteiger partial charge is 0.389 e. The van der Waals surface area contributed by atoms with Crippen LogP contribution in [0, 0.1) is 0 Å². The summed E-state index contributed by atoms with van der Waals surface area (Å²) in [5.41, 5.74) is -0.00545. The van der Waals surface area contributed by atoms with Crippen LogP contribution < -0.4 is 10.0 Å². The zero-order valence-corrected chi connectivity index (χ0v) is 18.4. The Bertz CT molecular complexity index is 1250. The Labute approximate surface area is 187 Å². The number of halogens is 4. The van der Waals surface area contributed by atoms with Crippen LogP contribution in [0.5, 0.6) is 0 Å². The van der Waals surface area contributed by atoms with Crippen molar-refractivity contribution in [3.63, 3.8) is 0 Å². The summed E-state index contributed by atoms with van der Waals surface area (Å²) in [4.78, 5) is 10.1. The van der Waals surface area contributed by atoms with Crippen LogP contribution in [-0.4, -0.2) is 47.9 Å². The number of sulfonamides is 1. The van der Waals surface area contributed by atoms with Gasteiger partial charge in [0.1, 0.15) is 5.69 Å². The van der Waals surface area contributed by atoms with Crippen molar-refractivity contribution in [3.8, 4) is 11.3 Å². The molecule has 1 aromatic heterocycles. The van der Waals surface area contributed by atoms with Crippen molar-refractivity contribution in [1.29, 1.82) is 0 Å². The van der Waals surface area contributed by atoms with Crippen molar-refractivity contribution in [2.45, 2.75) is 56.1 Å². The first-order chi connectivity index (χ1) is 15.3. The topological polar surface area (TPSA) is 109 Å². The van der Waals surface area contributed by atoms with Gasteiger partial charge in [-0.1, -0.05) is 12.1 Å². The molecule has 2 heterocycles. The van der Waals surface area contributed by atoms with Gasteiger partial charge in [-0.05, 0) is 25.0 Å². The smallest absolute Gasteiger partial charge is 0.290 e. The van der Waals surface area contributed by atoms with Gasteiger partial charge in [0.15, 0.2) is 0 Å². The molecule has 0 spiro atoms. The summed E-state index contributed by atoms with van der Waals surface area (Å²) in [6.45, 7) is 1.90. The summed E-state index contributed by atoms with van der Waals surface area (Å²) < 4.78 is 81.7. The molecular weight excluding hydrogens is 464 g/mol. The third-order valence-electron chi connectivity index (χ3n) is 6.82. The average Bonchev–Trinajstić information content (AvgIpc) is 3.16. The van der Waals surface area contributed by atoms with Gasteiger partial charge < -0.3 is 10.0 Å². The van der Waals surface area contributed by atoms with Crippen molar-refractivity contribution in [1.82, 2.24) is 9.97 Å². The number of fused-ring (bicyclic) bond motifs is 2. The molecule has 5 rings (SSSR count). The van der Waals surface area contributed by atoms with Gasteiger partial charge in [-0.15, -0.1) is 0 Å². The van der Waals surface area contributed by atoms with Crippen LogP contribution in [0.25, 0.3) is 11.3 Å². The predicted octanol–water partition coefficient (Wildman–Crippen LogP) is 2.62. The highest BCUT2D eigenvalue weighted by Gasteiger charge is 2.47. The van der Waals surface area contributed by atoms with Crippen LogP contribution in [0.3, 0.4) is 0 Å². The van der Waals surface area contributed by atoms with Gasteiger partial charge in [0.2, 0.25) is 16.0 Å². The van der Waals surface area contributed by atoms with E-state index in [0.29, 0.717) is 0 Å². The summed E-state index contributed by atoms with van der Waals surface area (Å²) in [6, 6.07) is 3.73. The lowest BCUT2D eigenvalue weighted by Gasteiger charge is -2.43. The molecule has 0 amide bonds. The molecule has 1 fully saturated rings. The van der Waals surface area contributed by atoms with E-state index in [2.05, 4.69) is 9.97 Å². The molecule has 0 radical (unpaired) electrons. The fraction of sp³-hybridized carbons (Fsp3) is 0.524. The number of primary sulfonamides is 1. The third-order valence-corrected chi connectivity index (χ3v) is 7.68. The van der Waals surface area contributed by atoms with Crippen molar-refractivity contribution in [2.24, 2.45) is 5.14 Å². The van der Waals surface area contributed by atoms with Gasteiger partial charge in [0.25, 0.3) is 11.8 Å². The number of aliphatic hydroxyl groups is 1. The maximum atomic E-state index is 14.8. The molecule has 2 aromatic rings. The Hall–Kier alpha value is -2.31. The van der Waals surface area contributed by atoms with E-state index >= 15 is 0 Å². The van der Waals surface area contributed by atoms with E-state index in [4.69, 9.17) is 5.14 Å². The predicted molar refractivity (Wildman–Crippen MR) is 112 cm³/mol. The fourth-order valence-electron chi connectivity index (χ4n) is 4.97.